The molecule has 168 valence electrons. The lowest BCUT2D eigenvalue weighted by Crippen LogP contribution is -2.30. The van der Waals surface area contributed by atoms with Gasteiger partial charge in [0.2, 0.25) is 0 Å². The molecule has 32 heavy (non-hydrogen) atoms. The van der Waals surface area contributed by atoms with Gasteiger partial charge in [-0.15, -0.1) is 0 Å². The van der Waals surface area contributed by atoms with E-state index in [2.05, 4.69) is 5.32 Å². The second kappa shape index (κ2) is 11.0. The maximum absolute atomic E-state index is 12.2. The van der Waals surface area contributed by atoms with E-state index in [4.69, 9.17) is 14.2 Å². The SMILES string of the molecule is CCOc1ccc(CCNC(=O)COc2cc3ccccc3cc2C(=O)O)cc1OCC. The lowest BCUT2D eigenvalue weighted by Gasteiger charge is -2.13. The van der Waals surface area contributed by atoms with Crippen molar-refractivity contribution in [3.8, 4) is 17.2 Å². The molecule has 0 aliphatic heterocycles. The minimum Gasteiger partial charge on any atom is -0.490 e. The third-order valence-electron chi connectivity index (χ3n) is 4.78. The summed E-state index contributed by atoms with van der Waals surface area (Å²) < 4.78 is 16.7. The van der Waals surface area contributed by atoms with Gasteiger partial charge in [0.15, 0.2) is 18.1 Å². The van der Waals surface area contributed by atoms with Gasteiger partial charge < -0.3 is 24.6 Å². The van der Waals surface area contributed by atoms with E-state index in [0.29, 0.717) is 37.7 Å². The van der Waals surface area contributed by atoms with Crippen LogP contribution in [0, 0.1) is 0 Å². The maximum Gasteiger partial charge on any atom is 0.339 e. The fourth-order valence-electron chi connectivity index (χ4n) is 3.30. The van der Waals surface area contributed by atoms with E-state index in [0.717, 1.165) is 16.3 Å². The van der Waals surface area contributed by atoms with Gasteiger partial charge in [-0.3, -0.25) is 4.79 Å². The molecule has 0 atom stereocenters. The van der Waals surface area contributed by atoms with Crippen molar-refractivity contribution in [2.24, 2.45) is 0 Å². The summed E-state index contributed by atoms with van der Waals surface area (Å²) in [6.07, 6.45) is 0.606. The summed E-state index contributed by atoms with van der Waals surface area (Å²) in [5.74, 6) is 0.107. The number of amides is 1. The minimum atomic E-state index is -1.10. The Morgan fingerprint density at radius 3 is 2.22 bits per heavy atom. The predicted molar refractivity (Wildman–Crippen MR) is 122 cm³/mol. The van der Waals surface area contributed by atoms with Gasteiger partial charge in [0.05, 0.1) is 13.2 Å². The Morgan fingerprint density at radius 1 is 0.844 bits per heavy atom. The molecule has 1 amide bonds. The van der Waals surface area contributed by atoms with Gasteiger partial charge >= 0.3 is 5.97 Å². The Bertz CT molecular complexity index is 1090. The first kappa shape index (κ1) is 22.9. The van der Waals surface area contributed by atoms with E-state index in [-0.39, 0.29) is 23.8 Å². The van der Waals surface area contributed by atoms with E-state index >= 15 is 0 Å². The molecule has 0 saturated carbocycles. The number of hydrogen-bond acceptors (Lipinski definition) is 5. The highest BCUT2D eigenvalue weighted by atomic mass is 16.5. The number of aromatic carboxylic acids is 1. The lowest BCUT2D eigenvalue weighted by molar-refractivity contribution is -0.123. The van der Waals surface area contributed by atoms with Gasteiger partial charge in [0.25, 0.3) is 5.91 Å². The van der Waals surface area contributed by atoms with Gasteiger partial charge in [-0.25, -0.2) is 4.79 Å². The number of carbonyl (C=O) groups excluding carboxylic acids is 1. The van der Waals surface area contributed by atoms with E-state index in [1.807, 2.05) is 56.3 Å². The smallest absolute Gasteiger partial charge is 0.339 e. The second-order valence-electron chi connectivity index (χ2n) is 7.04. The molecule has 0 radical (unpaired) electrons. The first-order valence-electron chi connectivity index (χ1n) is 10.6. The van der Waals surface area contributed by atoms with Crippen LogP contribution < -0.4 is 19.5 Å². The monoisotopic (exact) mass is 437 g/mol. The highest BCUT2D eigenvalue weighted by molar-refractivity contribution is 5.97. The van der Waals surface area contributed by atoms with Crippen molar-refractivity contribution in [1.29, 1.82) is 0 Å². The second-order valence-corrected chi connectivity index (χ2v) is 7.04. The Morgan fingerprint density at radius 2 is 1.53 bits per heavy atom. The van der Waals surface area contributed by atoms with Crippen LogP contribution >= 0.6 is 0 Å². The summed E-state index contributed by atoms with van der Waals surface area (Å²) in [5.41, 5.74) is 1.02. The molecule has 0 unspecified atom stereocenters. The van der Waals surface area contributed by atoms with E-state index in [1.165, 1.54) is 0 Å². The molecule has 0 aliphatic rings. The molecule has 0 spiro atoms. The van der Waals surface area contributed by atoms with Gasteiger partial charge in [-0.2, -0.15) is 0 Å². The summed E-state index contributed by atoms with van der Waals surface area (Å²) in [6, 6.07) is 16.3. The van der Waals surface area contributed by atoms with Crippen LogP contribution in [0.3, 0.4) is 0 Å². The van der Waals surface area contributed by atoms with Crippen molar-refractivity contribution in [3.05, 3.63) is 65.7 Å². The number of rotatable bonds is 11. The van der Waals surface area contributed by atoms with Gasteiger partial charge in [-0.05, 0) is 60.9 Å². The van der Waals surface area contributed by atoms with E-state index < -0.39 is 5.97 Å². The van der Waals surface area contributed by atoms with Crippen LogP contribution in [0.15, 0.2) is 54.6 Å². The van der Waals surface area contributed by atoms with Crippen molar-refractivity contribution in [2.45, 2.75) is 20.3 Å². The molecule has 3 aromatic rings. The number of ether oxygens (including phenoxy) is 3. The average Bonchev–Trinajstić information content (AvgIpc) is 2.79. The summed E-state index contributed by atoms with van der Waals surface area (Å²) in [4.78, 5) is 23.8. The Kier molecular flexibility index (Phi) is 7.91. The maximum atomic E-state index is 12.2. The van der Waals surface area contributed by atoms with Crippen molar-refractivity contribution in [3.63, 3.8) is 0 Å². The highest BCUT2D eigenvalue weighted by Gasteiger charge is 2.14. The summed E-state index contributed by atoms with van der Waals surface area (Å²) >= 11 is 0. The normalized spacial score (nSPS) is 10.6. The van der Waals surface area contributed by atoms with Gasteiger partial charge in [-0.1, -0.05) is 30.3 Å². The number of carbonyl (C=O) groups is 2. The standard InChI is InChI=1S/C25H27NO6/c1-3-30-21-10-9-17(13-23(21)31-4-2)11-12-26-24(27)16-32-22-15-19-8-6-5-7-18(19)14-20(22)25(28)29/h5-10,13-15H,3-4,11-12,16H2,1-2H3,(H,26,27)(H,28,29). The topological polar surface area (TPSA) is 94.1 Å². The van der Waals surface area contributed by atoms with E-state index in [1.54, 1.807) is 12.1 Å². The lowest BCUT2D eigenvalue weighted by atomic mass is 10.1. The zero-order valence-electron chi connectivity index (χ0n) is 18.2. The zero-order chi connectivity index (χ0) is 22.9. The Hall–Kier alpha value is -3.74. The number of hydrogen-bond donors (Lipinski definition) is 2. The fourth-order valence-corrected chi connectivity index (χ4v) is 3.30. The molecule has 0 aromatic heterocycles. The molecule has 2 N–H and O–H groups in total. The first-order chi connectivity index (χ1) is 15.5. The van der Waals surface area contributed by atoms with Crippen molar-refractivity contribution >= 4 is 22.6 Å². The van der Waals surface area contributed by atoms with Crippen molar-refractivity contribution in [2.75, 3.05) is 26.4 Å². The minimum absolute atomic E-state index is 0.0225. The van der Waals surface area contributed by atoms with Crippen molar-refractivity contribution < 1.29 is 28.9 Å². The molecule has 0 bridgehead atoms. The summed E-state index contributed by atoms with van der Waals surface area (Å²) in [5, 5.41) is 13.9. The fraction of sp³-hybridized carbons (Fsp3) is 0.280. The molecule has 7 nitrogen and oxygen atoms in total. The number of fused-ring (bicyclic) bond motifs is 1. The van der Waals surface area contributed by atoms with Gasteiger partial charge in [0, 0.05) is 6.54 Å². The molecule has 0 aliphatic carbocycles. The number of carboxylic acids is 1. The average molecular weight is 437 g/mol. The largest absolute Gasteiger partial charge is 0.490 e. The number of benzene rings is 3. The summed E-state index contributed by atoms with van der Waals surface area (Å²) in [7, 11) is 0. The third-order valence-corrected chi connectivity index (χ3v) is 4.78. The van der Waals surface area contributed by atoms with Crippen LogP contribution in [0.1, 0.15) is 29.8 Å². The van der Waals surface area contributed by atoms with Gasteiger partial charge in [0.1, 0.15) is 11.3 Å². The van der Waals surface area contributed by atoms with Crippen molar-refractivity contribution in [1.82, 2.24) is 5.32 Å². The van der Waals surface area contributed by atoms with Crippen LogP contribution in [0.2, 0.25) is 0 Å². The third kappa shape index (κ3) is 5.91. The van der Waals surface area contributed by atoms with Crippen LogP contribution in [0.25, 0.3) is 10.8 Å². The number of carboxylic acid groups (broad SMARTS) is 1. The zero-order valence-corrected chi connectivity index (χ0v) is 18.2. The molecule has 3 aromatic carbocycles. The Labute approximate surface area is 186 Å². The first-order valence-corrected chi connectivity index (χ1v) is 10.6. The molecule has 0 fully saturated rings. The van der Waals surface area contributed by atoms with Crippen LogP contribution in [-0.2, 0) is 11.2 Å². The van der Waals surface area contributed by atoms with Crippen LogP contribution in [-0.4, -0.2) is 43.3 Å². The number of nitrogens with one attached hydrogen (secondary N) is 1. The molecule has 0 heterocycles. The predicted octanol–water partition coefficient (Wildman–Crippen LogP) is 4.07. The summed E-state index contributed by atoms with van der Waals surface area (Å²) in [6.45, 7) is 5.05. The molecule has 0 saturated heterocycles. The Balaban J connectivity index is 1.56. The molecule has 3 rings (SSSR count). The van der Waals surface area contributed by atoms with Crippen LogP contribution in [0.5, 0.6) is 17.2 Å². The van der Waals surface area contributed by atoms with E-state index in [9.17, 15) is 14.7 Å². The highest BCUT2D eigenvalue weighted by Crippen LogP contribution is 2.29. The molecule has 7 heteroatoms. The molecular formula is C25H27NO6. The quantitative estimate of drug-likeness (QED) is 0.470. The van der Waals surface area contributed by atoms with Crippen LogP contribution in [0.4, 0.5) is 0 Å². The molecular weight excluding hydrogens is 410 g/mol.